The molecule has 0 saturated heterocycles. The molecule has 3 aromatic heterocycles. The van der Waals surface area contributed by atoms with Crippen LogP contribution in [0.2, 0.25) is 0 Å². The molecule has 1 saturated carbocycles. The first-order valence-electron chi connectivity index (χ1n) is 10.1. The molecule has 0 aliphatic heterocycles. The van der Waals surface area contributed by atoms with Crippen LogP contribution in [0.15, 0.2) is 29.2 Å². The van der Waals surface area contributed by atoms with E-state index >= 15 is 0 Å². The summed E-state index contributed by atoms with van der Waals surface area (Å²) in [6, 6.07) is 6.25. The van der Waals surface area contributed by atoms with Crippen molar-refractivity contribution >= 4 is 16.9 Å². The standard InChI is InChI=1S/C21H24N6O/c1-13-23-20-17(5-3-11-22-20)21(24-13)25-15-7-9-16(10-8-15)27-19(28)12-14-4-2-6-18(14)26-27/h3,5,11-12,15-16H,2,4,6-10H2,1H3,(H,22,23,24,25). The van der Waals surface area contributed by atoms with Crippen molar-refractivity contribution in [2.75, 3.05) is 5.32 Å². The maximum absolute atomic E-state index is 12.5. The summed E-state index contributed by atoms with van der Waals surface area (Å²) in [5.74, 6) is 1.57. The van der Waals surface area contributed by atoms with Gasteiger partial charge >= 0.3 is 0 Å². The zero-order valence-electron chi connectivity index (χ0n) is 16.1. The Morgan fingerprint density at radius 1 is 1.14 bits per heavy atom. The van der Waals surface area contributed by atoms with Crippen LogP contribution >= 0.6 is 0 Å². The van der Waals surface area contributed by atoms with E-state index < -0.39 is 0 Å². The molecule has 28 heavy (non-hydrogen) atoms. The zero-order valence-corrected chi connectivity index (χ0v) is 16.1. The van der Waals surface area contributed by atoms with Crippen LogP contribution in [-0.2, 0) is 12.8 Å². The Morgan fingerprint density at radius 3 is 2.86 bits per heavy atom. The average Bonchev–Trinajstić information content (AvgIpc) is 3.15. The van der Waals surface area contributed by atoms with Crippen molar-refractivity contribution < 1.29 is 0 Å². The Kier molecular flexibility index (Phi) is 4.30. The minimum atomic E-state index is 0.0561. The van der Waals surface area contributed by atoms with E-state index in [4.69, 9.17) is 5.10 Å². The first-order chi connectivity index (χ1) is 13.7. The van der Waals surface area contributed by atoms with Gasteiger partial charge in [0.15, 0.2) is 5.65 Å². The molecule has 7 heteroatoms. The second-order valence-electron chi connectivity index (χ2n) is 7.90. The quantitative estimate of drug-likeness (QED) is 0.756. The Labute approximate surface area is 163 Å². The van der Waals surface area contributed by atoms with Crippen LogP contribution in [0.5, 0.6) is 0 Å². The molecule has 144 valence electrons. The van der Waals surface area contributed by atoms with Gasteiger partial charge in [-0.1, -0.05) is 0 Å². The molecule has 0 spiro atoms. The van der Waals surface area contributed by atoms with E-state index in [1.807, 2.05) is 25.1 Å². The number of hydrogen-bond donors (Lipinski definition) is 1. The Hall–Kier alpha value is -2.83. The van der Waals surface area contributed by atoms with Crippen molar-refractivity contribution in [3.8, 4) is 0 Å². The Bertz CT molecular complexity index is 1080. The normalized spacial score (nSPS) is 21.6. The molecule has 0 unspecified atom stereocenters. The molecule has 2 aliphatic rings. The predicted molar refractivity (Wildman–Crippen MR) is 108 cm³/mol. The van der Waals surface area contributed by atoms with Crippen molar-refractivity contribution in [2.45, 2.75) is 64.0 Å². The summed E-state index contributed by atoms with van der Waals surface area (Å²) < 4.78 is 1.74. The van der Waals surface area contributed by atoms with Gasteiger partial charge in [-0.3, -0.25) is 4.79 Å². The number of hydrogen-bond acceptors (Lipinski definition) is 6. The Morgan fingerprint density at radius 2 is 2.00 bits per heavy atom. The van der Waals surface area contributed by atoms with Gasteiger partial charge in [0.05, 0.1) is 17.1 Å². The summed E-state index contributed by atoms with van der Waals surface area (Å²) in [6.07, 6.45) is 8.74. The highest BCUT2D eigenvalue weighted by Gasteiger charge is 2.26. The summed E-state index contributed by atoms with van der Waals surface area (Å²) in [4.78, 5) is 25.9. The van der Waals surface area contributed by atoms with Crippen LogP contribution in [-0.4, -0.2) is 30.8 Å². The number of fused-ring (bicyclic) bond motifs is 2. The van der Waals surface area contributed by atoms with E-state index in [-0.39, 0.29) is 11.6 Å². The molecule has 0 bridgehead atoms. The summed E-state index contributed by atoms with van der Waals surface area (Å²) in [5.41, 5.74) is 3.05. The summed E-state index contributed by atoms with van der Waals surface area (Å²) in [6.45, 7) is 1.89. The van der Waals surface area contributed by atoms with E-state index in [0.29, 0.717) is 6.04 Å². The van der Waals surface area contributed by atoms with Crippen LogP contribution in [0.25, 0.3) is 11.0 Å². The molecule has 2 aliphatic carbocycles. The van der Waals surface area contributed by atoms with Gasteiger partial charge in [0.1, 0.15) is 11.6 Å². The molecule has 0 aromatic carbocycles. The third-order valence-electron chi connectivity index (χ3n) is 5.95. The lowest BCUT2D eigenvalue weighted by Gasteiger charge is -2.30. The van der Waals surface area contributed by atoms with Crippen molar-refractivity contribution in [1.82, 2.24) is 24.7 Å². The molecule has 3 heterocycles. The topological polar surface area (TPSA) is 85.6 Å². The molecule has 7 nitrogen and oxygen atoms in total. The van der Waals surface area contributed by atoms with Gasteiger partial charge in [0, 0.05) is 18.3 Å². The lowest BCUT2D eigenvalue weighted by Crippen LogP contribution is -2.34. The van der Waals surface area contributed by atoms with Gasteiger partial charge in [0.25, 0.3) is 5.56 Å². The highest BCUT2D eigenvalue weighted by Crippen LogP contribution is 2.30. The highest BCUT2D eigenvalue weighted by molar-refractivity contribution is 5.86. The third kappa shape index (κ3) is 3.15. The van der Waals surface area contributed by atoms with Gasteiger partial charge in [-0.25, -0.2) is 19.6 Å². The van der Waals surface area contributed by atoms with E-state index in [9.17, 15) is 4.79 Å². The first kappa shape index (κ1) is 17.3. The van der Waals surface area contributed by atoms with Gasteiger partial charge in [0.2, 0.25) is 0 Å². The number of pyridine rings is 1. The molecular weight excluding hydrogens is 352 g/mol. The van der Waals surface area contributed by atoms with E-state index in [1.165, 1.54) is 0 Å². The SMILES string of the molecule is Cc1nc(NC2CCC(n3nc4c(cc3=O)CCC4)CC2)c2cccnc2n1. The van der Waals surface area contributed by atoms with E-state index in [1.54, 1.807) is 10.9 Å². The number of aromatic nitrogens is 5. The number of rotatable bonds is 3. The Balaban J connectivity index is 1.32. The van der Waals surface area contributed by atoms with E-state index in [2.05, 4.69) is 20.3 Å². The summed E-state index contributed by atoms with van der Waals surface area (Å²) >= 11 is 0. The molecule has 1 fully saturated rings. The molecule has 0 radical (unpaired) electrons. The molecular formula is C21H24N6O. The second-order valence-corrected chi connectivity index (χ2v) is 7.90. The average molecular weight is 376 g/mol. The predicted octanol–water partition coefficient (Wildman–Crippen LogP) is 2.97. The largest absolute Gasteiger partial charge is 0.367 e. The lowest BCUT2D eigenvalue weighted by molar-refractivity contribution is 0.302. The molecule has 3 aromatic rings. The van der Waals surface area contributed by atoms with Gasteiger partial charge in [-0.15, -0.1) is 0 Å². The van der Waals surface area contributed by atoms with Gasteiger partial charge < -0.3 is 5.32 Å². The molecule has 5 rings (SSSR count). The number of anilines is 1. The minimum absolute atomic E-state index is 0.0561. The highest BCUT2D eigenvalue weighted by atomic mass is 16.1. The first-order valence-corrected chi connectivity index (χ1v) is 10.1. The van der Waals surface area contributed by atoms with Crippen LogP contribution in [0.1, 0.15) is 55.2 Å². The molecule has 1 N–H and O–H groups in total. The van der Waals surface area contributed by atoms with Crippen LogP contribution in [0.4, 0.5) is 5.82 Å². The fourth-order valence-electron chi connectivity index (χ4n) is 4.52. The van der Waals surface area contributed by atoms with Crippen LogP contribution in [0, 0.1) is 6.92 Å². The minimum Gasteiger partial charge on any atom is -0.367 e. The molecule has 0 amide bonds. The van der Waals surface area contributed by atoms with Crippen LogP contribution < -0.4 is 10.9 Å². The van der Waals surface area contributed by atoms with Crippen LogP contribution in [0.3, 0.4) is 0 Å². The maximum Gasteiger partial charge on any atom is 0.267 e. The monoisotopic (exact) mass is 376 g/mol. The summed E-state index contributed by atoms with van der Waals surface area (Å²) in [7, 11) is 0. The fourth-order valence-corrected chi connectivity index (χ4v) is 4.52. The van der Waals surface area contributed by atoms with Crippen molar-refractivity contribution in [1.29, 1.82) is 0 Å². The van der Waals surface area contributed by atoms with Crippen molar-refractivity contribution in [3.05, 3.63) is 51.8 Å². The fraction of sp³-hybridized carbons (Fsp3) is 0.476. The van der Waals surface area contributed by atoms with E-state index in [0.717, 1.165) is 78.9 Å². The number of aryl methyl sites for hydroxylation is 3. The summed E-state index contributed by atoms with van der Waals surface area (Å²) in [5, 5.41) is 9.24. The van der Waals surface area contributed by atoms with Crippen molar-refractivity contribution in [3.63, 3.8) is 0 Å². The van der Waals surface area contributed by atoms with Crippen molar-refractivity contribution in [2.24, 2.45) is 0 Å². The number of nitrogens with zero attached hydrogens (tertiary/aromatic N) is 5. The maximum atomic E-state index is 12.5. The lowest BCUT2D eigenvalue weighted by atomic mass is 9.91. The van der Waals surface area contributed by atoms with Gasteiger partial charge in [-0.05, 0) is 69.6 Å². The molecule has 0 atom stereocenters. The van der Waals surface area contributed by atoms with Gasteiger partial charge in [-0.2, -0.15) is 5.10 Å². The number of nitrogens with one attached hydrogen (secondary N) is 1. The third-order valence-corrected chi connectivity index (χ3v) is 5.95. The second kappa shape index (κ2) is 6.96. The smallest absolute Gasteiger partial charge is 0.267 e. The zero-order chi connectivity index (χ0) is 19.1.